The zero-order valence-corrected chi connectivity index (χ0v) is 15.0. The molecule has 0 aliphatic carbocycles. The van der Waals surface area contributed by atoms with Crippen molar-refractivity contribution in [2.75, 3.05) is 10.0 Å². The second-order valence-corrected chi connectivity index (χ2v) is 6.21. The molecule has 4 aromatic rings. The van der Waals surface area contributed by atoms with Crippen LogP contribution in [0.25, 0.3) is 5.69 Å². The molecule has 1 aliphatic rings. The van der Waals surface area contributed by atoms with Gasteiger partial charge < -0.3 is 0 Å². The molecule has 29 heavy (non-hydrogen) atoms. The maximum atomic E-state index is 13.5. The summed E-state index contributed by atoms with van der Waals surface area (Å²) in [5, 5.41) is 10.6. The van der Waals surface area contributed by atoms with Crippen LogP contribution in [0.5, 0.6) is 0 Å². The van der Waals surface area contributed by atoms with Crippen LogP contribution in [0, 0.1) is 0 Å². The highest BCUT2D eigenvalue weighted by Gasteiger charge is 2.39. The van der Waals surface area contributed by atoms with E-state index in [-0.39, 0.29) is 5.95 Å². The SMILES string of the molecule is O=C(c1cccnc1)N1c2ccccc2-n2cnnc2N1C(=O)c1cccnc1. The fraction of sp³-hybridized carbons (Fsp3) is 0. The Bertz CT molecular complexity index is 1210. The Morgan fingerprint density at radius 3 is 1.97 bits per heavy atom. The average Bonchev–Trinajstić information content (AvgIpc) is 3.28. The fourth-order valence-electron chi connectivity index (χ4n) is 3.19. The lowest BCUT2D eigenvalue weighted by Crippen LogP contribution is -2.54. The van der Waals surface area contributed by atoms with Crippen molar-refractivity contribution in [3.05, 3.63) is 90.8 Å². The van der Waals surface area contributed by atoms with Crippen LogP contribution in [-0.4, -0.2) is 36.5 Å². The van der Waals surface area contributed by atoms with Crippen molar-refractivity contribution in [3.8, 4) is 5.69 Å². The standard InChI is InChI=1S/C20H13N7O2/c28-18(14-5-3-9-21-11-14)26-17-8-2-1-7-16(17)25-13-23-24-20(25)27(26)19(29)15-6-4-10-22-12-15/h1-13H. The van der Waals surface area contributed by atoms with Gasteiger partial charge in [-0.25, -0.2) is 5.01 Å². The molecule has 5 rings (SSSR count). The summed E-state index contributed by atoms with van der Waals surface area (Å²) in [6.45, 7) is 0. The van der Waals surface area contributed by atoms with Gasteiger partial charge in [-0.1, -0.05) is 12.1 Å². The van der Waals surface area contributed by atoms with Crippen LogP contribution in [0.15, 0.2) is 79.6 Å². The predicted octanol–water partition coefficient (Wildman–Crippen LogP) is 2.28. The molecule has 0 bridgehead atoms. The third-order valence-electron chi connectivity index (χ3n) is 4.49. The van der Waals surface area contributed by atoms with Gasteiger partial charge in [0.2, 0.25) is 0 Å². The molecule has 2 amide bonds. The minimum atomic E-state index is -0.459. The molecule has 140 valence electrons. The van der Waals surface area contributed by atoms with Gasteiger partial charge in [0.25, 0.3) is 17.8 Å². The van der Waals surface area contributed by atoms with Crippen LogP contribution in [0.2, 0.25) is 0 Å². The second-order valence-electron chi connectivity index (χ2n) is 6.21. The predicted molar refractivity (Wildman–Crippen MR) is 103 cm³/mol. The van der Waals surface area contributed by atoms with Crippen molar-refractivity contribution >= 4 is 23.5 Å². The molecule has 0 saturated carbocycles. The van der Waals surface area contributed by atoms with E-state index in [1.54, 1.807) is 53.4 Å². The van der Waals surface area contributed by atoms with Crippen LogP contribution in [0.1, 0.15) is 20.7 Å². The molecule has 1 aliphatic heterocycles. The van der Waals surface area contributed by atoms with Gasteiger partial charge in [0, 0.05) is 24.8 Å². The number of hydrazine groups is 1. The smallest absolute Gasteiger partial charge is 0.267 e. The Labute approximate surface area is 164 Å². The summed E-state index contributed by atoms with van der Waals surface area (Å²) >= 11 is 0. The second kappa shape index (κ2) is 6.64. The summed E-state index contributed by atoms with van der Waals surface area (Å²) in [7, 11) is 0. The van der Waals surface area contributed by atoms with Gasteiger partial charge >= 0.3 is 0 Å². The maximum absolute atomic E-state index is 13.5. The van der Waals surface area contributed by atoms with Crippen LogP contribution >= 0.6 is 0 Å². The largest absolute Gasteiger partial charge is 0.281 e. The van der Waals surface area contributed by atoms with Gasteiger partial charge in [0.05, 0.1) is 22.5 Å². The number of fused-ring (bicyclic) bond motifs is 3. The molecule has 3 aromatic heterocycles. The molecule has 1 aromatic carbocycles. The Hall–Kier alpha value is -4.40. The lowest BCUT2D eigenvalue weighted by molar-refractivity contribution is 0.0918. The van der Waals surface area contributed by atoms with Gasteiger partial charge in [0.1, 0.15) is 6.33 Å². The van der Waals surface area contributed by atoms with Crippen molar-refractivity contribution in [1.82, 2.24) is 24.7 Å². The third-order valence-corrected chi connectivity index (χ3v) is 4.49. The summed E-state index contributed by atoms with van der Waals surface area (Å²) in [6, 6.07) is 13.8. The van der Waals surface area contributed by atoms with E-state index in [9.17, 15) is 9.59 Å². The first-order valence-corrected chi connectivity index (χ1v) is 8.74. The number of pyridine rings is 2. The summed E-state index contributed by atoms with van der Waals surface area (Å²) in [5.74, 6) is -0.675. The number of anilines is 2. The van der Waals surface area contributed by atoms with Crippen molar-refractivity contribution in [1.29, 1.82) is 0 Å². The van der Waals surface area contributed by atoms with Gasteiger partial charge in [-0.3, -0.25) is 24.1 Å². The molecule has 0 radical (unpaired) electrons. The number of carbonyl (C=O) groups is 2. The number of hydrogen-bond donors (Lipinski definition) is 0. The van der Waals surface area contributed by atoms with Crippen molar-refractivity contribution < 1.29 is 9.59 Å². The van der Waals surface area contributed by atoms with E-state index in [2.05, 4.69) is 20.2 Å². The van der Waals surface area contributed by atoms with E-state index in [4.69, 9.17) is 0 Å². The molecule has 0 unspecified atom stereocenters. The molecular formula is C20H13N7O2. The first kappa shape index (κ1) is 16.8. The van der Waals surface area contributed by atoms with Crippen LogP contribution in [-0.2, 0) is 0 Å². The zero-order valence-electron chi connectivity index (χ0n) is 15.0. The highest BCUT2D eigenvalue weighted by Crippen LogP contribution is 2.36. The minimum absolute atomic E-state index is 0.204. The molecular weight excluding hydrogens is 370 g/mol. The number of nitrogens with zero attached hydrogens (tertiary/aromatic N) is 7. The van der Waals surface area contributed by atoms with Crippen LogP contribution < -0.4 is 10.0 Å². The van der Waals surface area contributed by atoms with Gasteiger partial charge in [-0.15, -0.1) is 10.2 Å². The first-order valence-electron chi connectivity index (χ1n) is 8.74. The minimum Gasteiger partial charge on any atom is -0.267 e. The molecule has 4 heterocycles. The quantitative estimate of drug-likeness (QED) is 0.527. The van der Waals surface area contributed by atoms with Gasteiger partial charge in [-0.2, -0.15) is 5.01 Å². The third kappa shape index (κ3) is 2.64. The Balaban J connectivity index is 1.72. The van der Waals surface area contributed by atoms with Crippen LogP contribution in [0.3, 0.4) is 0 Å². The van der Waals surface area contributed by atoms with E-state index in [0.717, 1.165) is 0 Å². The Morgan fingerprint density at radius 1 is 0.724 bits per heavy atom. The summed E-state index contributed by atoms with van der Waals surface area (Å²) in [4.78, 5) is 34.9. The van der Waals surface area contributed by atoms with E-state index in [1.165, 1.54) is 28.7 Å². The highest BCUT2D eigenvalue weighted by atomic mass is 16.2. The summed E-state index contributed by atoms with van der Waals surface area (Å²) in [5.41, 5.74) is 1.84. The molecule has 0 spiro atoms. The molecule has 9 nitrogen and oxygen atoms in total. The number of hydrogen-bond acceptors (Lipinski definition) is 6. The molecule has 0 atom stereocenters. The van der Waals surface area contributed by atoms with E-state index >= 15 is 0 Å². The number of carbonyl (C=O) groups excluding carboxylic acids is 2. The number of aromatic nitrogens is 5. The zero-order chi connectivity index (χ0) is 19.8. The number of rotatable bonds is 2. The summed E-state index contributed by atoms with van der Waals surface area (Å²) < 4.78 is 1.66. The monoisotopic (exact) mass is 383 g/mol. The topological polar surface area (TPSA) is 97.1 Å². The lowest BCUT2D eigenvalue weighted by Gasteiger charge is -2.38. The summed E-state index contributed by atoms with van der Waals surface area (Å²) in [6.07, 6.45) is 7.55. The molecule has 0 saturated heterocycles. The van der Waals surface area contributed by atoms with Gasteiger partial charge in [-0.05, 0) is 36.4 Å². The number of amides is 2. The lowest BCUT2D eigenvalue weighted by atomic mass is 10.2. The highest BCUT2D eigenvalue weighted by molar-refractivity contribution is 6.17. The van der Waals surface area contributed by atoms with Crippen molar-refractivity contribution in [2.45, 2.75) is 0 Å². The normalized spacial score (nSPS) is 12.3. The Kier molecular flexibility index (Phi) is 3.84. The van der Waals surface area contributed by atoms with E-state index in [0.29, 0.717) is 22.5 Å². The molecule has 0 N–H and O–H groups in total. The fourth-order valence-corrected chi connectivity index (χ4v) is 3.19. The molecule has 0 fully saturated rings. The number of para-hydroxylation sites is 2. The van der Waals surface area contributed by atoms with Crippen LogP contribution in [0.4, 0.5) is 11.6 Å². The first-order chi connectivity index (χ1) is 14.3. The molecule has 9 heteroatoms. The van der Waals surface area contributed by atoms with E-state index < -0.39 is 11.8 Å². The average molecular weight is 383 g/mol. The van der Waals surface area contributed by atoms with Crippen molar-refractivity contribution in [2.24, 2.45) is 0 Å². The van der Waals surface area contributed by atoms with E-state index in [1.807, 2.05) is 12.1 Å². The maximum Gasteiger partial charge on any atom is 0.281 e. The van der Waals surface area contributed by atoms with Gasteiger partial charge in [0.15, 0.2) is 0 Å². The number of benzene rings is 1. The Morgan fingerprint density at radius 2 is 1.34 bits per heavy atom. The van der Waals surface area contributed by atoms with Crippen molar-refractivity contribution in [3.63, 3.8) is 0 Å².